The van der Waals surface area contributed by atoms with Gasteiger partial charge in [0.2, 0.25) is 5.91 Å². The Morgan fingerprint density at radius 3 is 2.79 bits per heavy atom. The first-order valence-electron chi connectivity index (χ1n) is 7.36. The van der Waals surface area contributed by atoms with Gasteiger partial charge < -0.3 is 15.0 Å². The van der Waals surface area contributed by atoms with Crippen LogP contribution in [-0.4, -0.2) is 20.5 Å². The minimum atomic E-state index is -0.582. The molecule has 0 spiro atoms. The molecular formula is C17H15N3O4. The fourth-order valence-electron chi connectivity index (χ4n) is 2.51. The van der Waals surface area contributed by atoms with E-state index in [0.29, 0.717) is 6.54 Å². The van der Waals surface area contributed by atoms with Gasteiger partial charge in [0, 0.05) is 36.8 Å². The van der Waals surface area contributed by atoms with Crippen LogP contribution in [0.15, 0.2) is 54.7 Å². The zero-order valence-electron chi connectivity index (χ0n) is 12.7. The Balaban J connectivity index is 1.68. The molecule has 0 saturated heterocycles. The van der Waals surface area contributed by atoms with Crippen LogP contribution >= 0.6 is 0 Å². The molecule has 0 atom stereocenters. The van der Waals surface area contributed by atoms with Gasteiger partial charge in [-0.05, 0) is 23.6 Å². The van der Waals surface area contributed by atoms with Gasteiger partial charge in [0.05, 0.1) is 10.6 Å². The number of nitro groups is 1. The largest absolute Gasteiger partial charge is 0.506 e. The van der Waals surface area contributed by atoms with Crippen molar-refractivity contribution in [3.05, 3.63) is 64.8 Å². The molecule has 0 saturated carbocycles. The minimum Gasteiger partial charge on any atom is -0.506 e. The zero-order valence-corrected chi connectivity index (χ0v) is 12.7. The van der Waals surface area contributed by atoms with Gasteiger partial charge >= 0.3 is 0 Å². The number of phenols is 1. The highest BCUT2D eigenvalue weighted by atomic mass is 16.6. The molecule has 0 fully saturated rings. The fraction of sp³-hybridized carbons (Fsp3) is 0.118. The number of para-hydroxylation sites is 1. The van der Waals surface area contributed by atoms with Crippen LogP contribution in [0.5, 0.6) is 5.75 Å². The molecule has 0 unspecified atom stereocenters. The Hall–Kier alpha value is -3.35. The number of aryl methyl sites for hydroxylation is 1. The van der Waals surface area contributed by atoms with Crippen molar-refractivity contribution in [1.29, 1.82) is 0 Å². The van der Waals surface area contributed by atoms with Crippen molar-refractivity contribution in [3.8, 4) is 5.75 Å². The van der Waals surface area contributed by atoms with Crippen molar-refractivity contribution in [2.75, 3.05) is 5.32 Å². The second-order valence-corrected chi connectivity index (χ2v) is 5.32. The highest BCUT2D eigenvalue weighted by Crippen LogP contribution is 2.28. The SMILES string of the molecule is O=C(CCn1ccc2ccccc21)Nc1cc([N+](=O)[O-])ccc1O. The third-order valence-corrected chi connectivity index (χ3v) is 3.73. The maximum atomic E-state index is 12.1. The van der Waals surface area contributed by atoms with E-state index in [-0.39, 0.29) is 29.5 Å². The lowest BCUT2D eigenvalue weighted by atomic mass is 10.2. The quantitative estimate of drug-likeness (QED) is 0.427. The van der Waals surface area contributed by atoms with Gasteiger partial charge in [-0.2, -0.15) is 0 Å². The summed E-state index contributed by atoms with van der Waals surface area (Å²) in [6, 6.07) is 13.3. The first-order chi connectivity index (χ1) is 11.5. The summed E-state index contributed by atoms with van der Waals surface area (Å²) in [6.45, 7) is 0.467. The number of hydrogen-bond donors (Lipinski definition) is 2. The molecule has 1 heterocycles. The van der Waals surface area contributed by atoms with Crippen molar-refractivity contribution in [3.63, 3.8) is 0 Å². The number of hydrogen-bond acceptors (Lipinski definition) is 4. The molecule has 0 aliphatic rings. The lowest BCUT2D eigenvalue weighted by Gasteiger charge is -2.08. The Bertz CT molecular complexity index is 917. The van der Waals surface area contributed by atoms with E-state index in [1.807, 2.05) is 41.1 Å². The van der Waals surface area contributed by atoms with Crippen molar-refractivity contribution >= 4 is 28.2 Å². The van der Waals surface area contributed by atoms with Gasteiger partial charge in [-0.15, -0.1) is 0 Å². The van der Waals surface area contributed by atoms with Crippen LogP contribution in [0, 0.1) is 10.1 Å². The average molecular weight is 325 g/mol. The molecule has 1 aromatic heterocycles. The van der Waals surface area contributed by atoms with E-state index in [1.165, 1.54) is 12.1 Å². The maximum Gasteiger partial charge on any atom is 0.271 e. The Morgan fingerprint density at radius 2 is 2.00 bits per heavy atom. The number of carbonyl (C=O) groups is 1. The number of nitro benzene ring substituents is 1. The van der Waals surface area contributed by atoms with Gasteiger partial charge in [0.15, 0.2) is 0 Å². The smallest absolute Gasteiger partial charge is 0.271 e. The number of fused-ring (bicyclic) bond motifs is 1. The fourth-order valence-corrected chi connectivity index (χ4v) is 2.51. The number of benzene rings is 2. The molecule has 0 aliphatic heterocycles. The number of non-ortho nitro benzene ring substituents is 1. The lowest BCUT2D eigenvalue weighted by Crippen LogP contribution is -2.14. The van der Waals surface area contributed by atoms with E-state index < -0.39 is 4.92 Å². The summed E-state index contributed by atoms with van der Waals surface area (Å²) in [5, 5.41) is 24.1. The molecule has 2 aromatic carbocycles. The average Bonchev–Trinajstić information content (AvgIpc) is 2.98. The van der Waals surface area contributed by atoms with Crippen LogP contribution in [0.25, 0.3) is 10.9 Å². The van der Waals surface area contributed by atoms with Gasteiger partial charge in [-0.1, -0.05) is 18.2 Å². The number of amides is 1. The molecule has 3 aromatic rings. The third kappa shape index (κ3) is 3.19. The number of rotatable bonds is 5. The lowest BCUT2D eigenvalue weighted by molar-refractivity contribution is -0.384. The van der Waals surface area contributed by atoms with Gasteiger partial charge in [0.25, 0.3) is 5.69 Å². The summed E-state index contributed by atoms with van der Waals surface area (Å²) in [7, 11) is 0. The molecule has 122 valence electrons. The summed E-state index contributed by atoms with van der Waals surface area (Å²) in [5.74, 6) is -0.538. The van der Waals surface area contributed by atoms with Crippen LogP contribution in [0.2, 0.25) is 0 Å². The van der Waals surface area contributed by atoms with E-state index in [4.69, 9.17) is 0 Å². The van der Waals surface area contributed by atoms with Crippen LogP contribution in [0.4, 0.5) is 11.4 Å². The monoisotopic (exact) mass is 325 g/mol. The van der Waals surface area contributed by atoms with Crippen LogP contribution < -0.4 is 5.32 Å². The molecule has 0 radical (unpaired) electrons. The molecular weight excluding hydrogens is 310 g/mol. The highest BCUT2D eigenvalue weighted by Gasteiger charge is 2.13. The summed E-state index contributed by atoms with van der Waals surface area (Å²) in [6.07, 6.45) is 2.09. The van der Waals surface area contributed by atoms with E-state index in [1.54, 1.807) is 0 Å². The van der Waals surface area contributed by atoms with Crippen molar-refractivity contribution in [2.24, 2.45) is 0 Å². The van der Waals surface area contributed by atoms with Crippen molar-refractivity contribution in [2.45, 2.75) is 13.0 Å². The molecule has 7 heteroatoms. The molecule has 2 N–H and O–H groups in total. The molecule has 7 nitrogen and oxygen atoms in total. The van der Waals surface area contributed by atoms with Gasteiger partial charge in [-0.25, -0.2) is 0 Å². The number of carbonyl (C=O) groups excluding carboxylic acids is 1. The maximum absolute atomic E-state index is 12.1. The van der Waals surface area contributed by atoms with Gasteiger partial charge in [-0.3, -0.25) is 14.9 Å². The van der Waals surface area contributed by atoms with Crippen molar-refractivity contribution < 1.29 is 14.8 Å². The topological polar surface area (TPSA) is 97.4 Å². The number of phenolic OH excluding ortho intramolecular Hbond substituents is 1. The predicted molar refractivity (Wildman–Crippen MR) is 89.9 cm³/mol. The Labute approximate surface area is 137 Å². The summed E-state index contributed by atoms with van der Waals surface area (Å²) in [5.41, 5.74) is 0.870. The highest BCUT2D eigenvalue weighted by molar-refractivity contribution is 5.92. The number of aromatic nitrogens is 1. The first-order valence-corrected chi connectivity index (χ1v) is 7.36. The molecule has 1 amide bonds. The first kappa shape index (κ1) is 15.5. The standard InChI is InChI=1S/C17H15N3O4/c21-16-6-5-13(20(23)24)11-14(16)18-17(22)8-10-19-9-7-12-3-1-2-4-15(12)19/h1-7,9,11,21H,8,10H2,(H,18,22). The third-order valence-electron chi connectivity index (χ3n) is 3.73. The second-order valence-electron chi connectivity index (χ2n) is 5.32. The van der Waals surface area contributed by atoms with Crippen LogP contribution in [0.3, 0.4) is 0 Å². The Kier molecular flexibility index (Phi) is 4.15. The molecule has 0 aliphatic carbocycles. The van der Waals surface area contributed by atoms with Crippen molar-refractivity contribution in [1.82, 2.24) is 4.57 Å². The Morgan fingerprint density at radius 1 is 1.21 bits per heavy atom. The molecule has 3 rings (SSSR count). The predicted octanol–water partition coefficient (Wildman–Crippen LogP) is 3.28. The van der Waals surface area contributed by atoms with E-state index in [9.17, 15) is 20.0 Å². The minimum absolute atomic E-state index is 0.0339. The van der Waals surface area contributed by atoms with Crippen LogP contribution in [-0.2, 0) is 11.3 Å². The number of aromatic hydroxyl groups is 1. The van der Waals surface area contributed by atoms with E-state index >= 15 is 0 Å². The normalized spacial score (nSPS) is 10.7. The van der Waals surface area contributed by atoms with Gasteiger partial charge in [0.1, 0.15) is 5.75 Å². The van der Waals surface area contributed by atoms with Crippen LogP contribution in [0.1, 0.15) is 6.42 Å². The summed E-state index contributed by atoms with van der Waals surface area (Å²) >= 11 is 0. The van der Waals surface area contributed by atoms with E-state index in [0.717, 1.165) is 17.0 Å². The summed E-state index contributed by atoms with van der Waals surface area (Å²) in [4.78, 5) is 22.3. The number of anilines is 1. The zero-order chi connectivity index (χ0) is 17.1. The summed E-state index contributed by atoms with van der Waals surface area (Å²) < 4.78 is 1.96. The number of nitrogens with one attached hydrogen (secondary N) is 1. The van der Waals surface area contributed by atoms with E-state index in [2.05, 4.69) is 5.32 Å². The number of nitrogens with zero attached hydrogens (tertiary/aromatic N) is 2. The second kappa shape index (κ2) is 6.41. The molecule has 0 bridgehead atoms. The molecule has 24 heavy (non-hydrogen) atoms.